The van der Waals surface area contributed by atoms with Gasteiger partial charge in [0.2, 0.25) is 0 Å². The molecule has 0 atom stereocenters. The SMILES string of the molecule is Nc1cccc(C(=O)Nc2ncnc(Cl)c2Cl)c1. The molecule has 2 rings (SSSR count). The highest BCUT2D eigenvalue weighted by molar-refractivity contribution is 6.43. The molecular weight excluding hydrogens is 275 g/mol. The summed E-state index contributed by atoms with van der Waals surface area (Å²) < 4.78 is 0. The lowest BCUT2D eigenvalue weighted by atomic mass is 10.2. The van der Waals surface area contributed by atoms with E-state index >= 15 is 0 Å². The van der Waals surface area contributed by atoms with E-state index in [1.807, 2.05) is 0 Å². The third-order valence-electron chi connectivity index (χ3n) is 2.13. The smallest absolute Gasteiger partial charge is 0.256 e. The summed E-state index contributed by atoms with van der Waals surface area (Å²) in [4.78, 5) is 19.4. The first-order valence-corrected chi connectivity index (χ1v) is 5.66. The molecule has 18 heavy (non-hydrogen) atoms. The van der Waals surface area contributed by atoms with Crippen molar-refractivity contribution in [2.24, 2.45) is 0 Å². The molecular formula is C11H8Cl2N4O. The van der Waals surface area contributed by atoms with Gasteiger partial charge in [-0.25, -0.2) is 9.97 Å². The van der Waals surface area contributed by atoms with E-state index < -0.39 is 0 Å². The molecule has 0 aliphatic heterocycles. The number of nitrogens with two attached hydrogens (primary N) is 1. The van der Waals surface area contributed by atoms with Gasteiger partial charge in [0.15, 0.2) is 11.0 Å². The van der Waals surface area contributed by atoms with Crippen molar-refractivity contribution in [1.29, 1.82) is 0 Å². The van der Waals surface area contributed by atoms with E-state index in [2.05, 4.69) is 15.3 Å². The van der Waals surface area contributed by atoms with E-state index in [-0.39, 0.29) is 21.9 Å². The zero-order chi connectivity index (χ0) is 13.1. The molecule has 0 unspecified atom stereocenters. The van der Waals surface area contributed by atoms with E-state index in [1.54, 1.807) is 24.3 Å². The first kappa shape index (κ1) is 12.6. The molecule has 7 heteroatoms. The Bertz CT molecular complexity index is 603. The molecule has 0 aliphatic rings. The number of carbonyl (C=O) groups excluding carboxylic acids is 1. The van der Waals surface area contributed by atoms with E-state index in [0.717, 1.165) is 0 Å². The molecule has 5 nitrogen and oxygen atoms in total. The Hall–Kier alpha value is -1.85. The number of amides is 1. The summed E-state index contributed by atoms with van der Waals surface area (Å²) in [6.45, 7) is 0. The van der Waals surface area contributed by atoms with Crippen LogP contribution in [0.15, 0.2) is 30.6 Å². The fraction of sp³-hybridized carbons (Fsp3) is 0. The fourth-order valence-electron chi connectivity index (χ4n) is 1.30. The number of nitrogens with zero attached hydrogens (tertiary/aromatic N) is 2. The first-order chi connectivity index (χ1) is 8.58. The Morgan fingerprint density at radius 2 is 2.06 bits per heavy atom. The molecule has 0 saturated heterocycles. The fourth-order valence-corrected chi connectivity index (χ4v) is 1.57. The minimum Gasteiger partial charge on any atom is -0.399 e. The third kappa shape index (κ3) is 2.69. The second kappa shape index (κ2) is 5.20. The average Bonchev–Trinajstić information content (AvgIpc) is 2.35. The summed E-state index contributed by atoms with van der Waals surface area (Å²) in [6.07, 6.45) is 1.21. The standard InChI is InChI=1S/C11H8Cl2N4O/c12-8-9(13)15-5-16-10(8)17-11(18)6-2-1-3-7(14)4-6/h1-5H,14H2,(H,15,16,17,18). The van der Waals surface area contributed by atoms with Crippen molar-refractivity contribution >= 4 is 40.6 Å². The highest BCUT2D eigenvalue weighted by Gasteiger charge is 2.12. The van der Waals surface area contributed by atoms with Crippen LogP contribution in [0.25, 0.3) is 0 Å². The lowest BCUT2D eigenvalue weighted by Gasteiger charge is -2.06. The van der Waals surface area contributed by atoms with Crippen molar-refractivity contribution in [1.82, 2.24) is 9.97 Å². The van der Waals surface area contributed by atoms with Gasteiger partial charge in [0, 0.05) is 11.3 Å². The monoisotopic (exact) mass is 282 g/mol. The number of aromatic nitrogens is 2. The normalized spacial score (nSPS) is 10.1. The molecule has 3 N–H and O–H groups in total. The largest absolute Gasteiger partial charge is 0.399 e. The lowest BCUT2D eigenvalue weighted by Crippen LogP contribution is -2.13. The van der Waals surface area contributed by atoms with Crippen molar-refractivity contribution < 1.29 is 4.79 Å². The van der Waals surface area contributed by atoms with Gasteiger partial charge in [-0.2, -0.15) is 0 Å². The van der Waals surface area contributed by atoms with Crippen LogP contribution in [0, 0.1) is 0 Å². The second-order valence-corrected chi connectivity index (χ2v) is 4.14. The summed E-state index contributed by atoms with van der Waals surface area (Å²) in [5.41, 5.74) is 6.49. The predicted molar refractivity (Wildman–Crippen MR) is 70.9 cm³/mol. The van der Waals surface area contributed by atoms with Gasteiger partial charge in [-0.3, -0.25) is 4.79 Å². The molecule has 2 aromatic rings. The maximum absolute atomic E-state index is 11.9. The number of hydrogen-bond acceptors (Lipinski definition) is 4. The summed E-state index contributed by atoms with van der Waals surface area (Å²) >= 11 is 11.6. The quantitative estimate of drug-likeness (QED) is 0.655. The van der Waals surface area contributed by atoms with Crippen LogP contribution in [0.5, 0.6) is 0 Å². The van der Waals surface area contributed by atoms with Gasteiger partial charge in [0.25, 0.3) is 5.91 Å². The lowest BCUT2D eigenvalue weighted by molar-refractivity contribution is 0.102. The number of carbonyl (C=O) groups is 1. The van der Waals surface area contributed by atoms with E-state index in [0.29, 0.717) is 11.3 Å². The van der Waals surface area contributed by atoms with Gasteiger partial charge in [0.05, 0.1) is 0 Å². The molecule has 1 aromatic carbocycles. The van der Waals surface area contributed by atoms with Crippen LogP contribution in [-0.2, 0) is 0 Å². The van der Waals surface area contributed by atoms with Crippen LogP contribution in [0.4, 0.5) is 11.5 Å². The summed E-state index contributed by atoms with van der Waals surface area (Å²) in [6, 6.07) is 6.54. The van der Waals surface area contributed by atoms with Crippen LogP contribution in [0.2, 0.25) is 10.2 Å². The van der Waals surface area contributed by atoms with E-state index in [4.69, 9.17) is 28.9 Å². The molecule has 0 radical (unpaired) electrons. The van der Waals surface area contributed by atoms with E-state index in [9.17, 15) is 4.79 Å². The Balaban J connectivity index is 2.24. The minimum atomic E-state index is -0.376. The Labute approximate surface area is 113 Å². The van der Waals surface area contributed by atoms with Crippen molar-refractivity contribution in [3.8, 4) is 0 Å². The Morgan fingerprint density at radius 3 is 2.78 bits per heavy atom. The van der Waals surface area contributed by atoms with Crippen molar-refractivity contribution in [2.75, 3.05) is 11.1 Å². The maximum atomic E-state index is 11.9. The predicted octanol–water partition coefficient (Wildman–Crippen LogP) is 2.62. The van der Waals surface area contributed by atoms with Gasteiger partial charge in [-0.15, -0.1) is 0 Å². The molecule has 0 aliphatic carbocycles. The van der Waals surface area contributed by atoms with Gasteiger partial charge < -0.3 is 11.1 Å². The van der Waals surface area contributed by atoms with Crippen LogP contribution in [0.3, 0.4) is 0 Å². The summed E-state index contributed by atoms with van der Waals surface area (Å²) in [7, 11) is 0. The van der Waals surface area contributed by atoms with Gasteiger partial charge in [0.1, 0.15) is 11.3 Å². The third-order valence-corrected chi connectivity index (χ3v) is 2.87. The second-order valence-electron chi connectivity index (χ2n) is 3.41. The van der Waals surface area contributed by atoms with Crippen LogP contribution >= 0.6 is 23.2 Å². The Morgan fingerprint density at radius 1 is 1.28 bits per heavy atom. The highest BCUT2D eigenvalue weighted by Crippen LogP contribution is 2.25. The minimum absolute atomic E-state index is 0.0783. The highest BCUT2D eigenvalue weighted by atomic mass is 35.5. The molecule has 1 aromatic heterocycles. The van der Waals surface area contributed by atoms with Crippen molar-refractivity contribution in [2.45, 2.75) is 0 Å². The van der Waals surface area contributed by atoms with Gasteiger partial charge in [-0.05, 0) is 18.2 Å². The average molecular weight is 283 g/mol. The number of nitrogens with one attached hydrogen (secondary N) is 1. The number of rotatable bonds is 2. The molecule has 92 valence electrons. The number of nitrogen functional groups attached to an aromatic ring is 1. The van der Waals surface area contributed by atoms with Crippen molar-refractivity contribution in [3.63, 3.8) is 0 Å². The molecule has 0 bridgehead atoms. The van der Waals surface area contributed by atoms with Gasteiger partial charge >= 0.3 is 0 Å². The summed E-state index contributed by atoms with van der Waals surface area (Å²) in [5.74, 6) is -0.219. The van der Waals surface area contributed by atoms with Crippen LogP contribution in [0.1, 0.15) is 10.4 Å². The number of halogens is 2. The molecule has 0 spiro atoms. The molecule has 0 fully saturated rings. The zero-order valence-electron chi connectivity index (χ0n) is 9.02. The Kier molecular flexibility index (Phi) is 3.64. The number of anilines is 2. The van der Waals surface area contributed by atoms with Crippen LogP contribution in [-0.4, -0.2) is 15.9 Å². The molecule has 0 saturated carbocycles. The topological polar surface area (TPSA) is 80.9 Å². The zero-order valence-corrected chi connectivity index (χ0v) is 10.5. The maximum Gasteiger partial charge on any atom is 0.256 e. The molecule has 1 heterocycles. The number of benzene rings is 1. The first-order valence-electron chi connectivity index (χ1n) is 4.91. The molecule has 1 amide bonds. The van der Waals surface area contributed by atoms with Gasteiger partial charge in [-0.1, -0.05) is 29.3 Å². The summed E-state index contributed by atoms with van der Waals surface area (Å²) in [5, 5.41) is 2.70. The van der Waals surface area contributed by atoms with E-state index in [1.165, 1.54) is 6.33 Å². The number of hydrogen-bond donors (Lipinski definition) is 2. The van der Waals surface area contributed by atoms with Crippen LogP contribution < -0.4 is 11.1 Å². The van der Waals surface area contributed by atoms with Crippen molar-refractivity contribution in [3.05, 3.63) is 46.3 Å².